The van der Waals surface area contributed by atoms with E-state index in [4.69, 9.17) is 22.9 Å². The molecule has 0 saturated carbocycles. The topological polar surface area (TPSA) is 172 Å². The summed E-state index contributed by atoms with van der Waals surface area (Å²) in [6, 6.07) is 5.51. The third-order valence-corrected chi connectivity index (χ3v) is 3.99. The first-order valence-corrected chi connectivity index (χ1v) is 8.23. The Kier molecular flexibility index (Phi) is 4.67. The highest BCUT2D eigenvalue weighted by Crippen LogP contribution is 2.24. The summed E-state index contributed by atoms with van der Waals surface area (Å²) in [5.41, 5.74) is 26.8. The van der Waals surface area contributed by atoms with E-state index in [0.29, 0.717) is 53.3 Å². The summed E-state index contributed by atoms with van der Waals surface area (Å²) in [6.07, 6.45) is 0. The molecule has 0 aliphatic rings. The number of benzene rings is 1. The molecular formula is C16H24N10. The number of hydrogen-bond acceptors (Lipinski definition) is 9. The lowest BCUT2D eigenvalue weighted by Gasteiger charge is -2.10. The molecule has 2 aromatic heterocycles. The molecule has 0 spiro atoms. The number of nitrogens with zero attached hydrogens (tertiary/aromatic N) is 4. The summed E-state index contributed by atoms with van der Waals surface area (Å²) in [5.74, 6) is 1.32. The van der Waals surface area contributed by atoms with Crippen LogP contribution in [0.3, 0.4) is 0 Å². The zero-order valence-electron chi connectivity index (χ0n) is 14.8. The Morgan fingerprint density at radius 3 is 2.62 bits per heavy atom. The lowest BCUT2D eigenvalue weighted by atomic mass is 10.1. The normalized spacial score (nSPS) is 12.3. The SMILES string of the molecule is CC(N)CNc1nc(N)c2nc(NCc3cccc(N)c3N)n(C)c2n1. The van der Waals surface area contributed by atoms with Crippen molar-refractivity contribution < 1.29 is 0 Å². The lowest BCUT2D eigenvalue weighted by molar-refractivity contribution is 0.774. The zero-order valence-corrected chi connectivity index (χ0v) is 14.8. The van der Waals surface area contributed by atoms with Crippen molar-refractivity contribution in [2.75, 3.05) is 34.4 Å². The first-order valence-electron chi connectivity index (χ1n) is 8.23. The predicted octanol–water partition coefficient (Wildman–Crippen LogP) is 0.481. The fourth-order valence-corrected chi connectivity index (χ4v) is 2.53. The monoisotopic (exact) mass is 356 g/mol. The minimum absolute atomic E-state index is 0.0250. The average Bonchev–Trinajstić information content (AvgIpc) is 2.91. The minimum atomic E-state index is -0.0250. The van der Waals surface area contributed by atoms with Gasteiger partial charge in [-0.2, -0.15) is 9.97 Å². The molecular weight excluding hydrogens is 332 g/mol. The van der Waals surface area contributed by atoms with E-state index in [2.05, 4.69) is 25.6 Å². The maximum atomic E-state index is 6.03. The van der Waals surface area contributed by atoms with E-state index in [1.165, 1.54) is 0 Å². The van der Waals surface area contributed by atoms with Crippen LogP contribution >= 0.6 is 0 Å². The summed E-state index contributed by atoms with van der Waals surface area (Å²) in [6.45, 7) is 2.91. The largest absolute Gasteiger partial charge is 0.397 e. The summed E-state index contributed by atoms with van der Waals surface area (Å²) < 4.78 is 1.81. The van der Waals surface area contributed by atoms with Crippen LogP contribution in [0.5, 0.6) is 0 Å². The molecule has 0 radical (unpaired) electrons. The molecule has 138 valence electrons. The first kappa shape index (κ1) is 17.5. The van der Waals surface area contributed by atoms with Gasteiger partial charge in [0.1, 0.15) is 0 Å². The second-order valence-corrected chi connectivity index (χ2v) is 6.23. The van der Waals surface area contributed by atoms with Crippen LogP contribution in [-0.4, -0.2) is 32.1 Å². The highest BCUT2D eigenvalue weighted by Gasteiger charge is 2.15. The van der Waals surface area contributed by atoms with Gasteiger partial charge in [-0.05, 0) is 18.6 Å². The van der Waals surface area contributed by atoms with Crippen LogP contribution in [0.25, 0.3) is 11.2 Å². The molecule has 2 heterocycles. The van der Waals surface area contributed by atoms with E-state index < -0.39 is 0 Å². The van der Waals surface area contributed by atoms with Gasteiger partial charge >= 0.3 is 0 Å². The van der Waals surface area contributed by atoms with Gasteiger partial charge in [0.05, 0.1) is 11.4 Å². The Bertz CT molecular complexity index is 930. The van der Waals surface area contributed by atoms with E-state index in [9.17, 15) is 0 Å². The number of hydrogen-bond donors (Lipinski definition) is 6. The Labute approximate surface area is 151 Å². The van der Waals surface area contributed by atoms with Gasteiger partial charge in [0.2, 0.25) is 11.9 Å². The molecule has 0 fully saturated rings. The highest BCUT2D eigenvalue weighted by molar-refractivity contribution is 5.85. The molecule has 10 N–H and O–H groups in total. The van der Waals surface area contributed by atoms with Crippen LogP contribution in [0.4, 0.5) is 29.1 Å². The molecule has 0 bridgehead atoms. The van der Waals surface area contributed by atoms with E-state index in [0.717, 1.165) is 5.56 Å². The van der Waals surface area contributed by atoms with Crippen molar-refractivity contribution >= 4 is 40.3 Å². The highest BCUT2D eigenvalue weighted by atomic mass is 15.3. The van der Waals surface area contributed by atoms with Gasteiger partial charge in [-0.3, -0.25) is 4.57 Å². The van der Waals surface area contributed by atoms with Crippen molar-refractivity contribution in [1.82, 2.24) is 19.5 Å². The van der Waals surface area contributed by atoms with Gasteiger partial charge in [-0.25, -0.2) is 4.98 Å². The Hall–Kier alpha value is -3.27. The van der Waals surface area contributed by atoms with Crippen LogP contribution in [0.2, 0.25) is 0 Å². The number of aromatic nitrogens is 4. The van der Waals surface area contributed by atoms with Crippen molar-refractivity contribution in [1.29, 1.82) is 0 Å². The van der Waals surface area contributed by atoms with Gasteiger partial charge in [0, 0.05) is 26.2 Å². The average molecular weight is 356 g/mol. The second kappa shape index (κ2) is 6.92. The van der Waals surface area contributed by atoms with Crippen LogP contribution in [0.1, 0.15) is 12.5 Å². The number of para-hydroxylation sites is 1. The Morgan fingerprint density at radius 1 is 1.12 bits per heavy atom. The third-order valence-electron chi connectivity index (χ3n) is 3.99. The van der Waals surface area contributed by atoms with E-state index >= 15 is 0 Å². The number of rotatable bonds is 6. The van der Waals surface area contributed by atoms with E-state index in [-0.39, 0.29) is 6.04 Å². The molecule has 0 aliphatic heterocycles. The predicted molar refractivity (Wildman–Crippen MR) is 105 cm³/mol. The molecule has 0 amide bonds. The second-order valence-electron chi connectivity index (χ2n) is 6.23. The summed E-state index contributed by atoms with van der Waals surface area (Å²) in [7, 11) is 1.85. The fourth-order valence-electron chi connectivity index (χ4n) is 2.53. The molecule has 0 aliphatic carbocycles. The third kappa shape index (κ3) is 3.40. The molecule has 1 unspecified atom stereocenters. The van der Waals surface area contributed by atoms with Crippen molar-refractivity contribution in [3.05, 3.63) is 23.8 Å². The number of aryl methyl sites for hydroxylation is 1. The van der Waals surface area contributed by atoms with Crippen LogP contribution in [0.15, 0.2) is 18.2 Å². The summed E-state index contributed by atoms with van der Waals surface area (Å²) >= 11 is 0. The fraction of sp³-hybridized carbons (Fsp3) is 0.312. The van der Waals surface area contributed by atoms with Gasteiger partial charge in [0.25, 0.3) is 0 Å². The maximum absolute atomic E-state index is 6.03. The smallest absolute Gasteiger partial charge is 0.226 e. The molecule has 1 aromatic carbocycles. The zero-order chi connectivity index (χ0) is 18.8. The number of nitrogen functional groups attached to an aromatic ring is 3. The molecule has 26 heavy (non-hydrogen) atoms. The van der Waals surface area contributed by atoms with Crippen LogP contribution < -0.4 is 33.6 Å². The molecule has 3 rings (SSSR count). The van der Waals surface area contributed by atoms with Crippen molar-refractivity contribution in [2.24, 2.45) is 12.8 Å². The van der Waals surface area contributed by atoms with Crippen molar-refractivity contribution in [3.8, 4) is 0 Å². The number of nitrogens with two attached hydrogens (primary N) is 4. The number of nitrogens with one attached hydrogen (secondary N) is 2. The lowest BCUT2D eigenvalue weighted by Crippen LogP contribution is -2.26. The number of fused-ring (bicyclic) bond motifs is 1. The molecule has 10 heteroatoms. The summed E-state index contributed by atoms with van der Waals surface area (Å²) in [4.78, 5) is 13.2. The van der Waals surface area contributed by atoms with Gasteiger partial charge in [-0.1, -0.05) is 12.1 Å². The quantitative estimate of drug-likeness (QED) is 0.343. The Morgan fingerprint density at radius 2 is 1.88 bits per heavy atom. The van der Waals surface area contributed by atoms with Gasteiger partial charge < -0.3 is 33.6 Å². The molecule has 3 aromatic rings. The number of imidazole rings is 1. The molecule has 0 saturated heterocycles. The summed E-state index contributed by atoms with van der Waals surface area (Å²) in [5, 5.41) is 6.30. The van der Waals surface area contributed by atoms with Crippen LogP contribution in [-0.2, 0) is 13.6 Å². The first-order chi connectivity index (χ1) is 12.4. The van der Waals surface area contributed by atoms with E-state index in [1.54, 1.807) is 6.07 Å². The van der Waals surface area contributed by atoms with Gasteiger partial charge in [-0.15, -0.1) is 0 Å². The molecule has 10 nitrogen and oxygen atoms in total. The van der Waals surface area contributed by atoms with E-state index in [1.807, 2.05) is 30.7 Å². The minimum Gasteiger partial charge on any atom is -0.397 e. The van der Waals surface area contributed by atoms with Crippen molar-refractivity contribution in [2.45, 2.75) is 19.5 Å². The maximum Gasteiger partial charge on any atom is 0.226 e. The molecule has 1 atom stereocenters. The van der Waals surface area contributed by atoms with Crippen molar-refractivity contribution in [3.63, 3.8) is 0 Å². The number of anilines is 5. The van der Waals surface area contributed by atoms with Gasteiger partial charge in [0.15, 0.2) is 17.0 Å². The standard InChI is InChI=1S/C16H24N10/c1-8(17)6-21-15-24-13(20)12-14(25-15)26(2)16(23-12)22-7-9-4-3-5-10(18)11(9)19/h3-5,8H,6-7,17-19H2,1-2H3,(H,22,23)(H3,20,21,24,25). The van der Waals surface area contributed by atoms with Crippen LogP contribution in [0, 0.1) is 0 Å². The Balaban J connectivity index is 1.86.